The predicted octanol–water partition coefficient (Wildman–Crippen LogP) is 4.59. The van der Waals surface area contributed by atoms with Crippen LogP contribution in [-0.4, -0.2) is 44.4 Å². The van der Waals surface area contributed by atoms with Crippen molar-refractivity contribution in [3.05, 3.63) is 88.7 Å². The van der Waals surface area contributed by atoms with Crippen LogP contribution >= 0.6 is 11.6 Å². The molecule has 2 heterocycles. The Bertz CT molecular complexity index is 1240. The average Bonchev–Trinajstić information content (AvgIpc) is 3.43. The first-order valence-electron chi connectivity index (χ1n) is 10.8. The Labute approximate surface area is 201 Å². The van der Waals surface area contributed by atoms with Crippen molar-refractivity contribution in [2.75, 3.05) is 13.2 Å². The predicted molar refractivity (Wildman–Crippen MR) is 125 cm³/mol. The number of ether oxygens (including phenoxy) is 1. The molecule has 0 bridgehead atoms. The molecule has 2 aromatic carbocycles. The Balaban J connectivity index is 1.75. The smallest absolute Gasteiger partial charge is 0.295 e. The summed E-state index contributed by atoms with van der Waals surface area (Å²) in [5.74, 6) is -2.25. The standard InChI is InChI=1S/C25H23ClFN3O4/c1-2-34-20-9-8-16(14-18(20)26)23(31)21-22(17-6-3-4-7-19(17)27)30(25(33)24(21)32)12-5-11-29-13-10-28-15-29/h3-4,6-10,13-15,22,31H,2,5,11-12H2,1H3/t22-/m1/s1. The highest BCUT2D eigenvalue weighted by Crippen LogP contribution is 2.41. The molecule has 0 radical (unpaired) electrons. The number of carbonyl (C=O) groups is 2. The van der Waals surface area contributed by atoms with Crippen LogP contribution in [0.5, 0.6) is 5.75 Å². The van der Waals surface area contributed by atoms with Crippen molar-refractivity contribution in [3.63, 3.8) is 0 Å². The first kappa shape index (κ1) is 23.5. The van der Waals surface area contributed by atoms with Gasteiger partial charge in [0, 0.05) is 36.6 Å². The summed E-state index contributed by atoms with van der Waals surface area (Å²) in [4.78, 5) is 31.3. The lowest BCUT2D eigenvalue weighted by Crippen LogP contribution is -2.31. The molecule has 1 aliphatic rings. The van der Waals surface area contributed by atoms with Crippen LogP contribution in [-0.2, 0) is 16.1 Å². The van der Waals surface area contributed by atoms with Crippen molar-refractivity contribution in [2.24, 2.45) is 0 Å². The largest absolute Gasteiger partial charge is 0.507 e. The van der Waals surface area contributed by atoms with Gasteiger partial charge in [-0.15, -0.1) is 0 Å². The number of amides is 1. The molecule has 34 heavy (non-hydrogen) atoms. The number of aliphatic hydroxyl groups is 1. The number of nitrogens with zero attached hydrogens (tertiary/aromatic N) is 3. The van der Waals surface area contributed by atoms with Crippen molar-refractivity contribution >= 4 is 29.1 Å². The Hall–Kier alpha value is -3.65. The minimum Gasteiger partial charge on any atom is -0.507 e. The third kappa shape index (κ3) is 4.54. The zero-order valence-electron chi connectivity index (χ0n) is 18.4. The minimum atomic E-state index is -1.07. The number of Topliss-reactive ketones (excluding diaryl/α,β-unsaturated/α-hetero) is 1. The summed E-state index contributed by atoms with van der Waals surface area (Å²) in [6.07, 6.45) is 5.59. The molecule has 1 aliphatic heterocycles. The van der Waals surface area contributed by atoms with Crippen molar-refractivity contribution < 1.29 is 23.8 Å². The summed E-state index contributed by atoms with van der Waals surface area (Å²) in [6.45, 7) is 2.96. The van der Waals surface area contributed by atoms with Gasteiger partial charge in [-0.1, -0.05) is 29.8 Å². The fourth-order valence-electron chi connectivity index (χ4n) is 4.05. The van der Waals surface area contributed by atoms with E-state index < -0.39 is 29.3 Å². The number of aryl methyl sites for hydroxylation is 1. The van der Waals surface area contributed by atoms with Gasteiger partial charge in [0.2, 0.25) is 0 Å². The lowest BCUT2D eigenvalue weighted by atomic mass is 9.95. The summed E-state index contributed by atoms with van der Waals surface area (Å²) >= 11 is 6.26. The first-order chi connectivity index (χ1) is 16.4. The van der Waals surface area contributed by atoms with Gasteiger partial charge in [-0.3, -0.25) is 9.59 Å². The second-order valence-corrected chi connectivity index (χ2v) is 8.15. The summed E-state index contributed by atoms with van der Waals surface area (Å²) in [5, 5.41) is 11.4. The second-order valence-electron chi connectivity index (χ2n) is 7.75. The third-order valence-electron chi connectivity index (χ3n) is 5.62. The molecule has 0 saturated carbocycles. The topological polar surface area (TPSA) is 84.7 Å². The number of hydrogen-bond acceptors (Lipinski definition) is 5. The third-order valence-corrected chi connectivity index (χ3v) is 5.91. The number of halogens is 2. The second kappa shape index (κ2) is 10.1. The monoisotopic (exact) mass is 483 g/mol. The highest BCUT2D eigenvalue weighted by molar-refractivity contribution is 6.46. The zero-order valence-corrected chi connectivity index (χ0v) is 19.2. The highest BCUT2D eigenvalue weighted by Gasteiger charge is 2.46. The molecular formula is C25H23ClFN3O4. The van der Waals surface area contributed by atoms with E-state index in [2.05, 4.69) is 4.98 Å². The number of hydrogen-bond donors (Lipinski definition) is 1. The molecule has 1 aromatic heterocycles. The van der Waals surface area contributed by atoms with Gasteiger partial charge in [0.05, 0.1) is 29.6 Å². The molecule has 1 atom stereocenters. The Kier molecular flexibility index (Phi) is 6.98. The molecule has 1 saturated heterocycles. The fraction of sp³-hybridized carbons (Fsp3) is 0.240. The molecule has 1 amide bonds. The molecule has 7 nitrogen and oxygen atoms in total. The van der Waals surface area contributed by atoms with Crippen LogP contribution in [0.4, 0.5) is 4.39 Å². The number of aliphatic hydroxyl groups excluding tert-OH is 1. The number of likely N-dealkylation sites (tertiary alicyclic amines) is 1. The van der Waals surface area contributed by atoms with Gasteiger partial charge in [-0.25, -0.2) is 9.37 Å². The van der Waals surface area contributed by atoms with Crippen molar-refractivity contribution in [2.45, 2.75) is 25.9 Å². The van der Waals surface area contributed by atoms with Crippen LogP contribution in [0.3, 0.4) is 0 Å². The van der Waals surface area contributed by atoms with E-state index in [0.717, 1.165) is 0 Å². The Morgan fingerprint density at radius 1 is 1.21 bits per heavy atom. The number of imidazole rings is 1. The molecular weight excluding hydrogens is 461 g/mol. The van der Waals surface area contributed by atoms with E-state index in [1.54, 1.807) is 30.9 Å². The SMILES string of the molecule is CCOc1ccc(C(O)=C2C(=O)C(=O)N(CCCn3ccnc3)[C@@H]2c2ccccc2F)cc1Cl. The molecule has 9 heteroatoms. The molecule has 0 aliphatic carbocycles. The van der Waals surface area contributed by atoms with E-state index in [4.69, 9.17) is 16.3 Å². The summed E-state index contributed by atoms with van der Waals surface area (Å²) in [5.41, 5.74) is 0.173. The highest BCUT2D eigenvalue weighted by atomic mass is 35.5. The Morgan fingerprint density at radius 2 is 2.00 bits per heavy atom. The molecule has 4 rings (SSSR count). The van der Waals surface area contributed by atoms with Gasteiger partial charge in [0.25, 0.3) is 11.7 Å². The van der Waals surface area contributed by atoms with Gasteiger partial charge in [0.15, 0.2) is 0 Å². The number of aromatic nitrogens is 2. The number of benzene rings is 2. The van der Waals surface area contributed by atoms with E-state index >= 15 is 0 Å². The maximum Gasteiger partial charge on any atom is 0.295 e. The number of rotatable bonds is 8. The minimum absolute atomic E-state index is 0.128. The quantitative estimate of drug-likeness (QED) is 0.288. The van der Waals surface area contributed by atoms with Crippen LogP contribution in [0.2, 0.25) is 5.02 Å². The van der Waals surface area contributed by atoms with Gasteiger partial charge < -0.3 is 19.3 Å². The van der Waals surface area contributed by atoms with E-state index in [1.165, 1.54) is 35.2 Å². The van der Waals surface area contributed by atoms with Gasteiger partial charge in [-0.2, -0.15) is 0 Å². The molecule has 1 N–H and O–H groups in total. The molecule has 3 aromatic rings. The normalized spacial score (nSPS) is 17.4. The van der Waals surface area contributed by atoms with Crippen LogP contribution in [0.15, 0.2) is 66.8 Å². The van der Waals surface area contributed by atoms with Crippen molar-refractivity contribution in [3.8, 4) is 5.75 Å². The van der Waals surface area contributed by atoms with E-state index in [9.17, 15) is 19.1 Å². The van der Waals surface area contributed by atoms with Crippen molar-refractivity contribution in [1.29, 1.82) is 0 Å². The van der Waals surface area contributed by atoms with E-state index in [1.807, 2.05) is 11.5 Å². The summed E-state index contributed by atoms with van der Waals surface area (Å²) in [6, 6.07) is 9.40. The van der Waals surface area contributed by atoms with Gasteiger partial charge >= 0.3 is 0 Å². The van der Waals surface area contributed by atoms with Crippen molar-refractivity contribution in [1.82, 2.24) is 14.5 Å². The molecule has 1 fully saturated rings. The molecule has 0 spiro atoms. The van der Waals surface area contributed by atoms with Crippen LogP contribution in [0, 0.1) is 5.82 Å². The van der Waals surface area contributed by atoms with Crippen LogP contribution in [0.1, 0.15) is 30.5 Å². The van der Waals surface area contributed by atoms with Crippen LogP contribution < -0.4 is 4.74 Å². The van der Waals surface area contributed by atoms with E-state index in [0.29, 0.717) is 25.3 Å². The summed E-state index contributed by atoms with van der Waals surface area (Å²) < 4.78 is 22.1. The zero-order chi connectivity index (χ0) is 24.2. The number of carbonyl (C=O) groups excluding carboxylic acids is 2. The average molecular weight is 484 g/mol. The van der Waals surface area contributed by atoms with Gasteiger partial charge in [-0.05, 0) is 37.6 Å². The summed E-state index contributed by atoms with van der Waals surface area (Å²) in [7, 11) is 0. The lowest BCUT2D eigenvalue weighted by Gasteiger charge is -2.25. The Morgan fingerprint density at radius 3 is 2.68 bits per heavy atom. The van der Waals surface area contributed by atoms with Gasteiger partial charge in [0.1, 0.15) is 17.3 Å². The molecule has 176 valence electrons. The van der Waals surface area contributed by atoms with E-state index in [-0.39, 0.29) is 28.3 Å². The number of ketones is 1. The maximum absolute atomic E-state index is 14.9. The van der Waals surface area contributed by atoms with Crippen LogP contribution in [0.25, 0.3) is 5.76 Å². The lowest BCUT2D eigenvalue weighted by molar-refractivity contribution is -0.140. The maximum atomic E-state index is 14.9. The first-order valence-corrected chi connectivity index (χ1v) is 11.2. The molecule has 0 unspecified atom stereocenters. The fourth-order valence-corrected chi connectivity index (χ4v) is 4.28.